The zero-order valence-corrected chi connectivity index (χ0v) is 13.4. The van der Waals surface area contributed by atoms with Gasteiger partial charge in [0.05, 0.1) is 11.2 Å². The Labute approximate surface area is 134 Å². The van der Waals surface area contributed by atoms with Crippen molar-refractivity contribution in [2.24, 2.45) is 10.3 Å². The number of fused-ring (bicyclic) bond motifs is 1. The fourth-order valence-electron chi connectivity index (χ4n) is 2.21. The lowest BCUT2D eigenvalue weighted by Crippen LogP contribution is -1.99. The standard InChI is InChI=1S/C17H18N6/c1-12-5-4-6-13(9-12)20-17-15-10-14(21-22-23(2)3)7-8-16(15)18-11-19-17/h4-11H,1-3H3,(H,18,19,20). The van der Waals surface area contributed by atoms with Gasteiger partial charge in [0, 0.05) is 25.2 Å². The molecule has 0 aliphatic carbocycles. The maximum absolute atomic E-state index is 4.36. The van der Waals surface area contributed by atoms with E-state index in [-0.39, 0.29) is 0 Å². The van der Waals surface area contributed by atoms with Gasteiger partial charge in [-0.3, -0.25) is 5.01 Å². The van der Waals surface area contributed by atoms with Crippen LogP contribution in [0.5, 0.6) is 0 Å². The number of aryl methyl sites for hydroxylation is 1. The predicted octanol–water partition coefficient (Wildman–Crippen LogP) is 4.24. The zero-order chi connectivity index (χ0) is 16.2. The van der Waals surface area contributed by atoms with Crippen LogP contribution in [-0.4, -0.2) is 29.1 Å². The fourth-order valence-corrected chi connectivity index (χ4v) is 2.21. The van der Waals surface area contributed by atoms with Gasteiger partial charge in [0.2, 0.25) is 0 Å². The topological polar surface area (TPSA) is 65.8 Å². The van der Waals surface area contributed by atoms with E-state index in [9.17, 15) is 0 Å². The van der Waals surface area contributed by atoms with Crippen LogP contribution in [0.25, 0.3) is 10.9 Å². The van der Waals surface area contributed by atoms with Crippen LogP contribution in [0.15, 0.2) is 59.1 Å². The summed E-state index contributed by atoms with van der Waals surface area (Å²) in [5.74, 6) is 0.752. The number of nitrogens with one attached hydrogen (secondary N) is 1. The van der Waals surface area contributed by atoms with E-state index in [2.05, 4.69) is 44.7 Å². The third kappa shape index (κ3) is 3.60. The molecule has 6 nitrogen and oxygen atoms in total. The maximum Gasteiger partial charge on any atom is 0.141 e. The summed E-state index contributed by atoms with van der Waals surface area (Å²) < 4.78 is 0. The Bertz CT molecular complexity index is 857. The van der Waals surface area contributed by atoms with Gasteiger partial charge < -0.3 is 5.32 Å². The molecule has 3 aromatic rings. The molecule has 0 radical (unpaired) electrons. The molecule has 0 spiro atoms. The number of nitrogens with zero attached hydrogens (tertiary/aromatic N) is 5. The lowest BCUT2D eigenvalue weighted by Gasteiger charge is -2.09. The SMILES string of the molecule is Cc1cccc(Nc2ncnc3ccc(N=NN(C)C)cc23)c1. The van der Waals surface area contributed by atoms with Gasteiger partial charge in [-0.15, -0.1) is 5.11 Å². The number of benzene rings is 2. The Kier molecular flexibility index (Phi) is 4.14. The van der Waals surface area contributed by atoms with Crippen molar-refractivity contribution in [2.75, 3.05) is 19.4 Å². The van der Waals surface area contributed by atoms with Crippen molar-refractivity contribution in [3.8, 4) is 0 Å². The zero-order valence-electron chi connectivity index (χ0n) is 13.4. The Morgan fingerprint density at radius 1 is 1.04 bits per heavy atom. The molecular formula is C17H18N6. The average molecular weight is 306 g/mol. The molecule has 3 rings (SSSR count). The molecule has 1 aromatic heterocycles. The number of anilines is 2. The quantitative estimate of drug-likeness (QED) is 0.578. The molecule has 0 saturated heterocycles. The molecule has 0 bridgehead atoms. The molecule has 0 amide bonds. The molecular weight excluding hydrogens is 288 g/mol. The molecule has 0 atom stereocenters. The van der Waals surface area contributed by atoms with Crippen molar-refractivity contribution in [2.45, 2.75) is 6.92 Å². The summed E-state index contributed by atoms with van der Waals surface area (Å²) in [5.41, 5.74) is 3.80. The highest BCUT2D eigenvalue weighted by Crippen LogP contribution is 2.27. The summed E-state index contributed by atoms with van der Waals surface area (Å²) in [7, 11) is 3.66. The van der Waals surface area contributed by atoms with Crippen LogP contribution in [0.1, 0.15) is 5.56 Å². The Hall–Kier alpha value is -3.02. The molecule has 0 saturated carbocycles. The van der Waals surface area contributed by atoms with E-state index in [1.165, 1.54) is 5.56 Å². The Balaban J connectivity index is 2.00. The summed E-state index contributed by atoms with van der Waals surface area (Å²) in [5, 5.41) is 14.1. The molecule has 6 heteroatoms. The Morgan fingerprint density at radius 2 is 1.91 bits per heavy atom. The monoisotopic (exact) mass is 306 g/mol. The summed E-state index contributed by atoms with van der Waals surface area (Å²) in [6.07, 6.45) is 1.56. The highest BCUT2D eigenvalue weighted by Gasteiger charge is 2.05. The molecule has 0 aliphatic heterocycles. The van der Waals surface area contributed by atoms with Gasteiger partial charge in [-0.05, 0) is 42.8 Å². The van der Waals surface area contributed by atoms with Gasteiger partial charge in [-0.1, -0.05) is 17.4 Å². The molecule has 116 valence electrons. The van der Waals surface area contributed by atoms with Crippen LogP contribution in [0.2, 0.25) is 0 Å². The first kappa shape index (κ1) is 14.9. The minimum absolute atomic E-state index is 0.752. The predicted molar refractivity (Wildman–Crippen MR) is 92.2 cm³/mol. The van der Waals surface area contributed by atoms with Crippen LogP contribution >= 0.6 is 0 Å². The van der Waals surface area contributed by atoms with E-state index in [0.29, 0.717) is 0 Å². The highest BCUT2D eigenvalue weighted by molar-refractivity contribution is 5.92. The number of rotatable bonds is 4. The molecule has 1 heterocycles. The first-order valence-corrected chi connectivity index (χ1v) is 7.29. The highest BCUT2D eigenvalue weighted by atomic mass is 15.5. The van der Waals surface area contributed by atoms with E-state index in [0.717, 1.165) is 28.1 Å². The number of aromatic nitrogens is 2. The smallest absolute Gasteiger partial charge is 0.141 e. The summed E-state index contributed by atoms with van der Waals surface area (Å²) >= 11 is 0. The van der Waals surface area contributed by atoms with Crippen molar-refractivity contribution >= 4 is 28.1 Å². The fraction of sp³-hybridized carbons (Fsp3) is 0.176. The summed E-state index contributed by atoms with van der Waals surface area (Å²) in [4.78, 5) is 8.67. The van der Waals surface area contributed by atoms with E-state index >= 15 is 0 Å². The Morgan fingerprint density at radius 3 is 2.70 bits per heavy atom. The molecule has 0 fully saturated rings. The lowest BCUT2D eigenvalue weighted by atomic mass is 10.2. The molecule has 0 unspecified atom stereocenters. The normalized spacial score (nSPS) is 11.1. The van der Waals surface area contributed by atoms with E-state index in [1.54, 1.807) is 11.3 Å². The second kappa shape index (κ2) is 6.39. The largest absolute Gasteiger partial charge is 0.340 e. The first-order valence-electron chi connectivity index (χ1n) is 7.29. The van der Waals surface area contributed by atoms with Gasteiger partial charge in [-0.2, -0.15) is 0 Å². The van der Waals surface area contributed by atoms with Gasteiger partial charge >= 0.3 is 0 Å². The van der Waals surface area contributed by atoms with Gasteiger partial charge in [-0.25, -0.2) is 9.97 Å². The number of hydrogen-bond acceptors (Lipinski definition) is 5. The lowest BCUT2D eigenvalue weighted by molar-refractivity contribution is 0.408. The van der Waals surface area contributed by atoms with Gasteiger partial charge in [0.1, 0.15) is 12.1 Å². The minimum Gasteiger partial charge on any atom is -0.340 e. The second-order valence-electron chi connectivity index (χ2n) is 5.45. The van der Waals surface area contributed by atoms with Crippen molar-refractivity contribution in [3.05, 3.63) is 54.4 Å². The van der Waals surface area contributed by atoms with E-state index in [1.807, 2.05) is 44.4 Å². The van der Waals surface area contributed by atoms with Crippen molar-refractivity contribution in [1.29, 1.82) is 0 Å². The van der Waals surface area contributed by atoms with Crippen LogP contribution in [0.4, 0.5) is 17.2 Å². The number of hydrogen-bond donors (Lipinski definition) is 1. The molecule has 0 aliphatic rings. The van der Waals surface area contributed by atoms with Gasteiger partial charge in [0.25, 0.3) is 0 Å². The van der Waals surface area contributed by atoms with Crippen molar-refractivity contribution < 1.29 is 0 Å². The van der Waals surface area contributed by atoms with Crippen molar-refractivity contribution in [3.63, 3.8) is 0 Å². The third-order valence-electron chi connectivity index (χ3n) is 3.24. The first-order chi connectivity index (χ1) is 11.1. The molecule has 2 aromatic carbocycles. The minimum atomic E-state index is 0.752. The van der Waals surface area contributed by atoms with E-state index < -0.39 is 0 Å². The summed E-state index contributed by atoms with van der Waals surface area (Å²) in [6.45, 7) is 2.06. The molecule has 1 N–H and O–H groups in total. The summed E-state index contributed by atoms with van der Waals surface area (Å²) in [6, 6.07) is 13.9. The average Bonchev–Trinajstić information content (AvgIpc) is 2.53. The van der Waals surface area contributed by atoms with Crippen molar-refractivity contribution in [1.82, 2.24) is 15.0 Å². The third-order valence-corrected chi connectivity index (χ3v) is 3.24. The van der Waals surface area contributed by atoms with E-state index in [4.69, 9.17) is 0 Å². The van der Waals surface area contributed by atoms with Gasteiger partial charge in [0.15, 0.2) is 0 Å². The maximum atomic E-state index is 4.36. The molecule has 23 heavy (non-hydrogen) atoms. The van der Waals surface area contributed by atoms with Crippen LogP contribution in [0, 0.1) is 6.92 Å². The van der Waals surface area contributed by atoms with Crippen LogP contribution in [-0.2, 0) is 0 Å². The van der Waals surface area contributed by atoms with Crippen LogP contribution < -0.4 is 5.32 Å². The second-order valence-corrected chi connectivity index (χ2v) is 5.45. The van der Waals surface area contributed by atoms with Crippen LogP contribution in [0.3, 0.4) is 0 Å².